The van der Waals surface area contributed by atoms with Gasteiger partial charge in [-0.25, -0.2) is 4.39 Å². The van der Waals surface area contributed by atoms with Crippen LogP contribution in [-0.4, -0.2) is 42.2 Å². The molecule has 84 valence electrons. The van der Waals surface area contributed by atoms with Gasteiger partial charge in [0.15, 0.2) is 0 Å². The molecule has 0 spiro atoms. The molecule has 0 radical (unpaired) electrons. The molecule has 1 aliphatic heterocycles. The van der Waals surface area contributed by atoms with Gasteiger partial charge in [0.25, 0.3) is 0 Å². The number of nitrogens with zero attached hydrogens (tertiary/aromatic N) is 1. The first kappa shape index (κ1) is 12.0. The highest BCUT2D eigenvalue weighted by Gasteiger charge is 2.35. The summed E-state index contributed by atoms with van der Waals surface area (Å²) in [6.07, 6.45) is 4.60. The van der Waals surface area contributed by atoms with E-state index >= 15 is 0 Å². The molecule has 1 heterocycles. The van der Waals surface area contributed by atoms with Gasteiger partial charge in [-0.05, 0) is 20.9 Å². The number of terminal acetylenes is 1. The van der Waals surface area contributed by atoms with Gasteiger partial charge >= 0.3 is 0 Å². The molecule has 0 aromatic carbocycles. The molecule has 15 heavy (non-hydrogen) atoms. The minimum absolute atomic E-state index is 0.194. The standard InChI is InChI=1S/C11H17FN2O/c1-5-11(2,3)13-10(15)9-6-8(12)7-14(9)4/h1,8-9H,6-7H2,2-4H3,(H,13,15)/t8?,9-/m0/s1. The van der Waals surface area contributed by atoms with Crippen molar-refractivity contribution >= 4 is 5.91 Å². The summed E-state index contributed by atoms with van der Waals surface area (Å²) < 4.78 is 13.0. The van der Waals surface area contributed by atoms with Crippen LogP contribution in [0.15, 0.2) is 0 Å². The van der Waals surface area contributed by atoms with Crippen LogP contribution in [0.1, 0.15) is 20.3 Å². The maximum Gasteiger partial charge on any atom is 0.238 e. The van der Waals surface area contributed by atoms with Gasteiger partial charge in [-0.2, -0.15) is 0 Å². The van der Waals surface area contributed by atoms with Crippen molar-refractivity contribution in [2.75, 3.05) is 13.6 Å². The van der Waals surface area contributed by atoms with Crippen LogP contribution in [0.2, 0.25) is 0 Å². The number of carbonyl (C=O) groups is 1. The first-order chi connectivity index (χ1) is 6.85. The van der Waals surface area contributed by atoms with E-state index < -0.39 is 17.8 Å². The summed E-state index contributed by atoms with van der Waals surface area (Å²) in [5, 5.41) is 2.72. The Hall–Kier alpha value is -1.08. The number of carbonyl (C=O) groups excluding carboxylic acids is 1. The average Bonchev–Trinajstić information content (AvgIpc) is 2.45. The lowest BCUT2D eigenvalue weighted by molar-refractivity contribution is -0.126. The Morgan fingerprint density at radius 2 is 2.27 bits per heavy atom. The van der Waals surface area contributed by atoms with Crippen molar-refractivity contribution in [2.45, 2.75) is 38.0 Å². The molecule has 3 nitrogen and oxygen atoms in total. The lowest BCUT2D eigenvalue weighted by atomic mass is 10.1. The molecule has 1 saturated heterocycles. The van der Waals surface area contributed by atoms with Crippen LogP contribution in [0.5, 0.6) is 0 Å². The molecule has 1 unspecified atom stereocenters. The van der Waals surface area contributed by atoms with E-state index in [2.05, 4.69) is 11.2 Å². The molecule has 1 rings (SSSR count). The van der Waals surface area contributed by atoms with Crippen molar-refractivity contribution < 1.29 is 9.18 Å². The van der Waals surface area contributed by atoms with E-state index in [4.69, 9.17) is 6.42 Å². The fourth-order valence-corrected chi connectivity index (χ4v) is 1.67. The zero-order valence-corrected chi connectivity index (χ0v) is 9.38. The normalized spacial score (nSPS) is 27.4. The van der Waals surface area contributed by atoms with Crippen LogP contribution >= 0.6 is 0 Å². The fourth-order valence-electron chi connectivity index (χ4n) is 1.67. The van der Waals surface area contributed by atoms with Gasteiger partial charge in [0.1, 0.15) is 6.17 Å². The number of alkyl halides is 1. The molecule has 2 atom stereocenters. The lowest BCUT2D eigenvalue weighted by Crippen LogP contribution is -2.49. The average molecular weight is 212 g/mol. The number of hydrogen-bond acceptors (Lipinski definition) is 2. The Kier molecular flexibility index (Phi) is 3.35. The minimum atomic E-state index is -0.917. The summed E-state index contributed by atoms with van der Waals surface area (Å²) in [5.41, 5.74) is -0.674. The number of nitrogens with one attached hydrogen (secondary N) is 1. The summed E-state index contributed by atoms with van der Waals surface area (Å²) >= 11 is 0. The predicted octanol–water partition coefficient (Wildman–Crippen LogP) is 0.557. The van der Waals surface area contributed by atoms with E-state index in [0.717, 1.165) is 0 Å². The molecule has 0 bridgehead atoms. The van der Waals surface area contributed by atoms with E-state index in [9.17, 15) is 9.18 Å². The monoisotopic (exact) mass is 212 g/mol. The summed E-state index contributed by atoms with van der Waals surface area (Å²) in [7, 11) is 1.74. The summed E-state index contributed by atoms with van der Waals surface area (Å²) in [6.45, 7) is 3.80. The van der Waals surface area contributed by atoms with E-state index in [1.807, 2.05) is 0 Å². The Morgan fingerprint density at radius 3 is 2.67 bits per heavy atom. The third-order valence-electron chi connectivity index (χ3n) is 2.60. The molecule has 0 aromatic heterocycles. The molecule has 1 N–H and O–H groups in total. The van der Waals surface area contributed by atoms with Gasteiger partial charge < -0.3 is 5.32 Å². The molecule has 0 aliphatic carbocycles. The van der Waals surface area contributed by atoms with Gasteiger partial charge in [0.05, 0.1) is 11.6 Å². The van der Waals surface area contributed by atoms with Crippen molar-refractivity contribution in [3.8, 4) is 12.3 Å². The smallest absolute Gasteiger partial charge is 0.238 e. The quantitative estimate of drug-likeness (QED) is 0.678. The topological polar surface area (TPSA) is 32.3 Å². The summed E-state index contributed by atoms with van der Waals surface area (Å²) in [6, 6.07) is -0.396. The Balaban J connectivity index is 2.59. The summed E-state index contributed by atoms with van der Waals surface area (Å²) in [5.74, 6) is 2.28. The first-order valence-corrected chi connectivity index (χ1v) is 5.00. The molecule has 1 fully saturated rings. The van der Waals surface area contributed by atoms with Gasteiger partial charge in [0, 0.05) is 13.0 Å². The second-order valence-corrected chi connectivity index (χ2v) is 4.55. The highest BCUT2D eigenvalue weighted by Crippen LogP contribution is 2.19. The van der Waals surface area contributed by atoms with Gasteiger partial charge in [-0.3, -0.25) is 9.69 Å². The van der Waals surface area contributed by atoms with Crippen molar-refractivity contribution in [1.29, 1.82) is 0 Å². The Labute approximate surface area is 90.0 Å². The van der Waals surface area contributed by atoms with Crippen LogP contribution in [0.4, 0.5) is 4.39 Å². The van der Waals surface area contributed by atoms with Crippen LogP contribution in [-0.2, 0) is 4.79 Å². The third kappa shape index (κ3) is 2.93. The maximum atomic E-state index is 13.0. The number of rotatable bonds is 2. The number of halogens is 1. The third-order valence-corrected chi connectivity index (χ3v) is 2.60. The molecule has 1 aliphatic rings. The molecular weight excluding hydrogens is 195 g/mol. The van der Waals surface area contributed by atoms with Crippen LogP contribution in [0, 0.1) is 12.3 Å². The van der Waals surface area contributed by atoms with E-state index in [0.29, 0.717) is 6.54 Å². The maximum absolute atomic E-state index is 13.0. The van der Waals surface area contributed by atoms with Gasteiger partial charge in [-0.1, -0.05) is 5.92 Å². The molecule has 1 amide bonds. The largest absolute Gasteiger partial charge is 0.339 e. The fraction of sp³-hybridized carbons (Fsp3) is 0.727. The molecule has 0 saturated carbocycles. The number of amides is 1. The van der Waals surface area contributed by atoms with Crippen molar-refractivity contribution in [3.05, 3.63) is 0 Å². The number of likely N-dealkylation sites (N-methyl/N-ethyl adjacent to an activating group) is 1. The number of hydrogen-bond donors (Lipinski definition) is 1. The van der Waals surface area contributed by atoms with E-state index in [1.54, 1.807) is 25.8 Å². The Morgan fingerprint density at radius 1 is 1.67 bits per heavy atom. The summed E-state index contributed by atoms with van der Waals surface area (Å²) in [4.78, 5) is 13.5. The Bertz CT molecular complexity index is 295. The predicted molar refractivity (Wildman–Crippen MR) is 57.0 cm³/mol. The van der Waals surface area contributed by atoms with Crippen molar-refractivity contribution in [2.24, 2.45) is 0 Å². The minimum Gasteiger partial charge on any atom is -0.339 e. The highest BCUT2D eigenvalue weighted by atomic mass is 19.1. The van der Waals surface area contributed by atoms with Crippen molar-refractivity contribution in [1.82, 2.24) is 10.2 Å². The van der Waals surface area contributed by atoms with Gasteiger partial charge in [-0.15, -0.1) is 6.42 Å². The number of likely N-dealkylation sites (tertiary alicyclic amines) is 1. The zero-order chi connectivity index (χ0) is 11.6. The lowest BCUT2D eigenvalue weighted by Gasteiger charge is -2.24. The SMILES string of the molecule is C#CC(C)(C)NC(=O)[C@@H]1CC(F)CN1C. The van der Waals surface area contributed by atoms with E-state index in [-0.39, 0.29) is 12.3 Å². The van der Waals surface area contributed by atoms with Crippen molar-refractivity contribution in [3.63, 3.8) is 0 Å². The van der Waals surface area contributed by atoms with E-state index in [1.165, 1.54) is 0 Å². The van der Waals surface area contributed by atoms with Crippen LogP contribution < -0.4 is 5.32 Å². The van der Waals surface area contributed by atoms with Crippen LogP contribution in [0.3, 0.4) is 0 Å². The van der Waals surface area contributed by atoms with Gasteiger partial charge in [0.2, 0.25) is 5.91 Å². The second-order valence-electron chi connectivity index (χ2n) is 4.55. The van der Waals surface area contributed by atoms with Crippen LogP contribution in [0.25, 0.3) is 0 Å². The highest BCUT2D eigenvalue weighted by molar-refractivity contribution is 5.83. The molecule has 0 aromatic rings. The zero-order valence-electron chi connectivity index (χ0n) is 9.38. The molecular formula is C11H17FN2O. The second kappa shape index (κ2) is 4.19. The first-order valence-electron chi connectivity index (χ1n) is 5.00. The molecule has 4 heteroatoms.